The first kappa shape index (κ1) is 11.5. The lowest BCUT2D eigenvalue weighted by Crippen LogP contribution is -2.45. The second-order valence-electron chi connectivity index (χ2n) is 4.21. The van der Waals surface area contributed by atoms with Crippen LogP contribution in [0.4, 0.5) is 4.39 Å². The van der Waals surface area contributed by atoms with Crippen molar-refractivity contribution in [2.75, 3.05) is 32.7 Å². The van der Waals surface area contributed by atoms with Crippen LogP contribution in [0, 0.1) is 5.82 Å². The molecule has 0 spiro atoms. The van der Waals surface area contributed by atoms with Crippen LogP contribution < -0.4 is 11.1 Å². The summed E-state index contributed by atoms with van der Waals surface area (Å²) < 4.78 is 13.0. The summed E-state index contributed by atoms with van der Waals surface area (Å²) in [4.78, 5) is 2.31. The number of rotatable bonds is 3. The molecule has 1 aromatic rings. The Morgan fingerprint density at radius 2 is 2.12 bits per heavy atom. The Hall–Kier alpha value is -0.970. The van der Waals surface area contributed by atoms with Crippen molar-refractivity contribution in [1.29, 1.82) is 0 Å². The highest BCUT2D eigenvalue weighted by molar-refractivity contribution is 5.20. The molecule has 4 heteroatoms. The summed E-state index contributed by atoms with van der Waals surface area (Å²) in [5.74, 6) is -0.215. The lowest BCUT2D eigenvalue weighted by atomic mass is 10.1. The molecule has 16 heavy (non-hydrogen) atoms. The average molecular weight is 223 g/mol. The fraction of sp³-hybridized carbons (Fsp3) is 0.500. The second kappa shape index (κ2) is 5.39. The SMILES string of the molecule is NC(CN1CCNCC1)c1cccc(F)c1. The number of nitrogens with zero attached hydrogens (tertiary/aromatic N) is 1. The van der Waals surface area contributed by atoms with Gasteiger partial charge in [0, 0.05) is 38.8 Å². The monoisotopic (exact) mass is 223 g/mol. The third-order valence-electron chi connectivity index (χ3n) is 2.94. The molecule has 1 atom stereocenters. The molecule has 0 radical (unpaired) electrons. The van der Waals surface area contributed by atoms with Gasteiger partial charge >= 0.3 is 0 Å². The van der Waals surface area contributed by atoms with Crippen LogP contribution in [0.25, 0.3) is 0 Å². The van der Waals surface area contributed by atoms with Crippen LogP contribution in [0.2, 0.25) is 0 Å². The van der Waals surface area contributed by atoms with Crippen LogP contribution in [0.15, 0.2) is 24.3 Å². The summed E-state index contributed by atoms with van der Waals surface area (Å²) in [6.07, 6.45) is 0. The maximum Gasteiger partial charge on any atom is 0.123 e. The van der Waals surface area contributed by atoms with Crippen LogP contribution in [-0.2, 0) is 0 Å². The van der Waals surface area contributed by atoms with Gasteiger partial charge in [-0.1, -0.05) is 12.1 Å². The van der Waals surface area contributed by atoms with Crippen LogP contribution in [0.5, 0.6) is 0 Å². The van der Waals surface area contributed by atoms with Gasteiger partial charge in [0.1, 0.15) is 5.82 Å². The van der Waals surface area contributed by atoms with Crippen molar-refractivity contribution in [1.82, 2.24) is 10.2 Å². The molecule has 1 aliphatic heterocycles. The van der Waals surface area contributed by atoms with Gasteiger partial charge in [-0.2, -0.15) is 0 Å². The highest BCUT2D eigenvalue weighted by atomic mass is 19.1. The smallest absolute Gasteiger partial charge is 0.123 e. The number of hydrogen-bond donors (Lipinski definition) is 2. The van der Waals surface area contributed by atoms with Crippen LogP contribution in [-0.4, -0.2) is 37.6 Å². The molecule has 88 valence electrons. The Labute approximate surface area is 95.4 Å². The van der Waals surface area contributed by atoms with Gasteiger partial charge in [0.25, 0.3) is 0 Å². The van der Waals surface area contributed by atoms with Crippen LogP contribution >= 0.6 is 0 Å². The first-order valence-electron chi connectivity index (χ1n) is 5.70. The lowest BCUT2D eigenvalue weighted by Gasteiger charge is -2.29. The van der Waals surface area contributed by atoms with Crippen molar-refractivity contribution in [3.05, 3.63) is 35.6 Å². The molecular formula is C12H18FN3. The molecule has 1 saturated heterocycles. The minimum Gasteiger partial charge on any atom is -0.323 e. The fourth-order valence-corrected chi connectivity index (χ4v) is 2.01. The molecule has 0 amide bonds. The molecular weight excluding hydrogens is 205 g/mol. The molecule has 3 nitrogen and oxygen atoms in total. The Morgan fingerprint density at radius 1 is 1.38 bits per heavy atom. The summed E-state index contributed by atoms with van der Waals surface area (Å²) in [5.41, 5.74) is 6.94. The van der Waals surface area contributed by atoms with E-state index in [1.165, 1.54) is 12.1 Å². The van der Waals surface area contributed by atoms with Gasteiger partial charge in [0.2, 0.25) is 0 Å². The molecule has 2 rings (SSSR count). The molecule has 1 aromatic carbocycles. The third-order valence-corrected chi connectivity index (χ3v) is 2.94. The molecule has 0 aromatic heterocycles. The Bertz CT molecular complexity index is 337. The van der Waals surface area contributed by atoms with E-state index in [0.717, 1.165) is 38.3 Å². The van der Waals surface area contributed by atoms with Crippen molar-refractivity contribution in [3.8, 4) is 0 Å². The van der Waals surface area contributed by atoms with E-state index in [1.54, 1.807) is 6.07 Å². The zero-order valence-electron chi connectivity index (χ0n) is 9.32. The van der Waals surface area contributed by atoms with Crippen molar-refractivity contribution in [2.45, 2.75) is 6.04 Å². The van der Waals surface area contributed by atoms with Crippen LogP contribution in [0.3, 0.4) is 0 Å². The van der Waals surface area contributed by atoms with Crippen molar-refractivity contribution >= 4 is 0 Å². The van der Waals surface area contributed by atoms with E-state index in [1.807, 2.05) is 6.07 Å². The van der Waals surface area contributed by atoms with Crippen molar-refractivity contribution < 1.29 is 4.39 Å². The Balaban J connectivity index is 1.94. The lowest BCUT2D eigenvalue weighted by molar-refractivity contribution is 0.228. The number of benzene rings is 1. The molecule has 1 heterocycles. The van der Waals surface area contributed by atoms with E-state index in [4.69, 9.17) is 5.73 Å². The van der Waals surface area contributed by atoms with E-state index in [-0.39, 0.29) is 11.9 Å². The zero-order valence-corrected chi connectivity index (χ0v) is 9.32. The average Bonchev–Trinajstić information content (AvgIpc) is 2.30. The van der Waals surface area contributed by atoms with Gasteiger partial charge in [-0.05, 0) is 17.7 Å². The van der Waals surface area contributed by atoms with E-state index in [9.17, 15) is 4.39 Å². The quantitative estimate of drug-likeness (QED) is 0.794. The standard InChI is InChI=1S/C12H18FN3/c13-11-3-1-2-10(8-11)12(14)9-16-6-4-15-5-7-16/h1-3,8,12,15H,4-7,9,14H2. The summed E-state index contributed by atoms with van der Waals surface area (Å²) in [6.45, 7) is 4.85. The molecule has 1 fully saturated rings. The predicted octanol–water partition coefficient (Wildman–Crippen LogP) is 0.731. The van der Waals surface area contributed by atoms with Gasteiger partial charge in [-0.15, -0.1) is 0 Å². The molecule has 0 saturated carbocycles. The maximum atomic E-state index is 13.0. The normalized spacial score (nSPS) is 19.6. The number of nitrogens with two attached hydrogens (primary N) is 1. The first-order valence-corrected chi connectivity index (χ1v) is 5.70. The van der Waals surface area contributed by atoms with E-state index >= 15 is 0 Å². The second-order valence-corrected chi connectivity index (χ2v) is 4.21. The summed E-state index contributed by atoms with van der Waals surface area (Å²) in [7, 11) is 0. The third kappa shape index (κ3) is 3.01. The molecule has 1 aliphatic rings. The summed E-state index contributed by atoms with van der Waals surface area (Å²) in [6, 6.07) is 6.46. The highest BCUT2D eigenvalue weighted by Gasteiger charge is 2.14. The Kier molecular flexibility index (Phi) is 3.88. The van der Waals surface area contributed by atoms with E-state index < -0.39 is 0 Å². The molecule has 3 N–H and O–H groups in total. The number of hydrogen-bond acceptors (Lipinski definition) is 3. The number of nitrogens with one attached hydrogen (secondary N) is 1. The fourth-order valence-electron chi connectivity index (χ4n) is 2.01. The minimum absolute atomic E-state index is 0.103. The van der Waals surface area contributed by atoms with E-state index in [0.29, 0.717) is 0 Å². The van der Waals surface area contributed by atoms with Gasteiger partial charge in [0.15, 0.2) is 0 Å². The summed E-state index contributed by atoms with van der Waals surface area (Å²) in [5, 5.41) is 3.29. The summed E-state index contributed by atoms with van der Waals surface area (Å²) >= 11 is 0. The van der Waals surface area contributed by atoms with Crippen LogP contribution in [0.1, 0.15) is 11.6 Å². The highest BCUT2D eigenvalue weighted by Crippen LogP contribution is 2.13. The van der Waals surface area contributed by atoms with Crippen molar-refractivity contribution in [3.63, 3.8) is 0 Å². The van der Waals surface area contributed by atoms with Gasteiger partial charge in [0.05, 0.1) is 0 Å². The molecule has 0 aliphatic carbocycles. The van der Waals surface area contributed by atoms with Gasteiger partial charge < -0.3 is 11.1 Å². The van der Waals surface area contributed by atoms with Gasteiger partial charge in [-0.3, -0.25) is 4.90 Å². The number of halogens is 1. The van der Waals surface area contributed by atoms with Gasteiger partial charge in [-0.25, -0.2) is 4.39 Å². The predicted molar refractivity (Wildman–Crippen MR) is 62.6 cm³/mol. The number of piperazine rings is 1. The first-order chi connectivity index (χ1) is 7.75. The maximum absolute atomic E-state index is 13.0. The largest absolute Gasteiger partial charge is 0.323 e. The Morgan fingerprint density at radius 3 is 2.81 bits per heavy atom. The molecule has 1 unspecified atom stereocenters. The topological polar surface area (TPSA) is 41.3 Å². The zero-order chi connectivity index (χ0) is 11.4. The minimum atomic E-state index is -0.215. The van der Waals surface area contributed by atoms with E-state index in [2.05, 4.69) is 10.2 Å². The van der Waals surface area contributed by atoms with Crippen molar-refractivity contribution in [2.24, 2.45) is 5.73 Å². The molecule has 0 bridgehead atoms.